The average molecular weight is 288 g/mol. The minimum absolute atomic E-state index is 0.154. The fourth-order valence-corrected chi connectivity index (χ4v) is 3.57. The van der Waals surface area contributed by atoms with Gasteiger partial charge in [0.25, 0.3) is 0 Å². The number of aryl methyl sites for hydroxylation is 1. The summed E-state index contributed by atoms with van der Waals surface area (Å²) in [7, 11) is -3.79. The van der Waals surface area contributed by atoms with Gasteiger partial charge in [0.15, 0.2) is 14.6 Å². The van der Waals surface area contributed by atoms with Crippen LogP contribution >= 0.6 is 0 Å². The van der Waals surface area contributed by atoms with E-state index in [9.17, 15) is 13.2 Å². The standard InChI is InChI=1S/C16H16O3S/c1-13-8-10-15(11-9-13)20(18,19)16(2,12-17)14-6-4-3-5-7-14/h3-12H,1-2H3. The number of carbonyl (C=O) groups excluding carboxylic acids is 1. The number of benzene rings is 2. The lowest BCUT2D eigenvalue weighted by molar-refractivity contribution is -0.109. The largest absolute Gasteiger partial charge is 0.301 e. The van der Waals surface area contributed by atoms with Crippen molar-refractivity contribution in [2.75, 3.05) is 0 Å². The number of hydrogen-bond donors (Lipinski definition) is 0. The summed E-state index contributed by atoms with van der Waals surface area (Å²) >= 11 is 0. The summed E-state index contributed by atoms with van der Waals surface area (Å²) in [6, 6.07) is 15.1. The van der Waals surface area contributed by atoms with Gasteiger partial charge in [0, 0.05) is 0 Å². The molecule has 0 heterocycles. The van der Waals surface area contributed by atoms with E-state index in [-0.39, 0.29) is 4.90 Å². The van der Waals surface area contributed by atoms with Crippen molar-refractivity contribution in [3.05, 3.63) is 65.7 Å². The Kier molecular flexibility index (Phi) is 3.77. The first-order valence-corrected chi connectivity index (χ1v) is 7.73. The second-order valence-electron chi connectivity index (χ2n) is 4.91. The highest BCUT2D eigenvalue weighted by Gasteiger charge is 2.41. The Bertz CT molecular complexity index is 703. The van der Waals surface area contributed by atoms with E-state index in [1.165, 1.54) is 19.1 Å². The number of rotatable bonds is 4. The predicted molar refractivity (Wildman–Crippen MR) is 78.2 cm³/mol. The van der Waals surface area contributed by atoms with E-state index in [1.54, 1.807) is 42.5 Å². The van der Waals surface area contributed by atoms with Crippen molar-refractivity contribution in [1.82, 2.24) is 0 Å². The van der Waals surface area contributed by atoms with Crippen molar-refractivity contribution in [2.45, 2.75) is 23.5 Å². The molecular formula is C16H16O3S. The van der Waals surface area contributed by atoms with Gasteiger partial charge in [-0.3, -0.25) is 0 Å². The van der Waals surface area contributed by atoms with Crippen molar-refractivity contribution in [2.24, 2.45) is 0 Å². The van der Waals surface area contributed by atoms with Gasteiger partial charge in [0.1, 0.15) is 6.29 Å². The third-order valence-corrected chi connectivity index (χ3v) is 5.80. The summed E-state index contributed by atoms with van der Waals surface area (Å²) in [6.07, 6.45) is 0.498. The molecule has 0 aliphatic rings. The van der Waals surface area contributed by atoms with Gasteiger partial charge in [0.05, 0.1) is 4.90 Å². The van der Waals surface area contributed by atoms with Crippen LogP contribution < -0.4 is 0 Å². The topological polar surface area (TPSA) is 51.2 Å². The monoisotopic (exact) mass is 288 g/mol. The van der Waals surface area contributed by atoms with E-state index in [1.807, 2.05) is 6.92 Å². The fraction of sp³-hybridized carbons (Fsp3) is 0.188. The molecule has 1 atom stereocenters. The van der Waals surface area contributed by atoms with Crippen LogP contribution in [0, 0.1) is 6.92 Å². The molecule has 3 nitrogen and oxygen atoms in total. The second-order valence-corrected chi connectivity index (χ2v) is 7.23. The molecule has 0 saturated carbocycles. The number of aldehydes is 1. The van der Waals surface area contributed by atoms with Crippen molar-refractivity contribution in [3.63, 3.8) is 0 Å². The summed E-state index contributed by atoms with van der Waals surface area (Å²) in [4.78, 5) is 11.7. The van der Waals surface area contributed by atoms with Crippen LogP contribution in [0.4, 0.5) is 0 Å². The maximum absolute atomic E-state index is 12.8. The minimum Gasteiger partial charge on any atom is -0.301 e. The molecular weight excluding hydrogens is 272 g/mol. The van der Waals surface area contributed by atoms with Crippen LogP contribution in [0.25, 0.3) is 0 Å². The van der Waals surface area contributed by atoms with E-state index in [0.717, 1.165) is 5.56 Å². The van der Waals surface area contributed by atoms with Gasteiger partial charge < -0.3 is 4.79 Å². The highest BCUT2D eigenvalue weighted by atomic mass is 32.2. The molecule has 2 rings (SSSR count). The summed E-state index contributed by atoms with van der Waals surface area (Å²) in [5, 5.41) is 0. The molecule has 0 fully saturated rings. The highest BCUT2D eigenvalue weighted by Crippen LogP contribution is 2.33. The summed E-state index contributed by atoms with van der Waals surface area (Å²) in [6.45, 7) is 3.32. The molecule has 0 bridgehead atoms. The zero-order chi connectivity index (χ0) is 14.8. The molecule has 0 aliphatic carbocycles. The van der Waals surface area contributed by atoms with Crippen LogP contribution in [-0.2, 0) is 19.4 Å². The van der Waals surface area contributed by atoms with Crippen molar-refractivity contribution >= 4 is 16.1 Å². The lowest BCUT2D eigenvalue weighted by Crippen LogP contribution is -2.34. The van der Waals surface area contributed by atoms with Gasteiger partial charge in [-0.15, -0.1) is 0 Å². The molecule has 1 unspecified atom stereocenters. The third kappa shape index (κ3) is 2.27. The summed E-state index contributed by atoms with van der Waals surface area (Å²) in [5.74, 6) is 0. The van der Waals surface area contributed by atoms with Crippen LogP contribution in [0.5, 0.6) is 0 Å². The molecule has 0 spiro atoms. The van der Waals surface area contributed by atoms with E-state index < -0.39 is 14.6 Å². The fourth-order valence-electron chi connectivity index (χ4n) is 2.02. The van der Waals surface area contributed by atoms with Gasteiger partial charge in [-0.05, 0) is 31.5 Å². The predicted octanol–water partition coefficient (Wildman–Crippen LogP) is 2.88. The first kappa shape index (κ1) is 14.5. The summed E-state index contributed by atoms with van der Waals surface area (Å²) in [5.41, 5.74) is 1.44. The molecule has 4 heteroatoms. The number of carbonyl (C=O) groups is 1. The van der Waals surface area contributed by atoms with Crippen LogP contribution in [0.15, 0.2) is 59.5 Å². The molecule has 2 aromatic rings. The Morgan fingerprint density at radius 3 is 2.00 bits per heavy atom. The molecule has 20 heavy (non-hydrogen) atoms. The maximum Gasteiger partial charge on any atom is 0.194 e. The Morgan fingerprint density at radius 2 is 1.50 bits per heavy atom. The zero-order valence-electron chi connectivity index (χ0n) is 11.4. The molecule has 0 N–H and O–H groups in total. The first-order chi connectivity index (χ1) is 9.41. The Balaban J connectivity index is 2.61. The Morgan fingerprint density at radius 1 is 0.950 bits per heavy atom. The molecule has 0 radical (unpaired) electrons. The normalized spacial score (nSPS) is 14.5. The molecule has 104 valence electrons. The molecule has 0 amide bonds. The zero-order valence-corrected chi connectivity index (χ0v) is 12.2. The average Bonchev–Trinajstić information content (AvgIpc) is 2.47. The Labute approximate surface area is 119 Å². The van der Waals surface area contributed by atoms with E-state index in [2.05, 4.69) is 0 Å². The lowest BCUT2D eigenvalue weighted by atomic mass is 10.0. The quantitative estimate of drug-likeness (QED) is 0.813. The number of hydrogen-bond acceptors (Lipinski definition) is 3. The van der Waals surface area contributed by atoms with E-state index >= 15 is 0 Å². The highest BCUT2D eigenvalue weighted by molar-refractivity contribution is 7.93. The van der Waals surface area contributed by atoms with Gasteiger partial charge in [-0.1, -0.05) is 48.0 Å². The van der Waals surface area contributed by atoms with Crippen LogP contribution in [0.3, 0.4) is 0 Å². The smallest absolute Gasteiger partial charge is 0.194 e. The van der Waals surface area contributed by atoms with E-state index in [4.69, 9.17) is 0 Å². The maximum atomic E-state index is 12.8. The van der Waals surface area contributed by atoms with E-state index in [0.29, 0.717) is 11.8 Å². The second kappa shape index (κ2) is 5.21. The van der Waals surface area contributed by atoms with Crippen molar-refractivity contribution in [1.29, 1.82) is 0 Å². The number of sulfone groups is 1. The first-order valence-electron chi connectivity index (χ1n) is 6.25. The molecule has 0 aromatic heterocycles. The Hall–Kier alpha value is -1.94. The molecule has 0 aliphatic heterocycles. The van der Waals surface area contributed by atoms with Gasteiger partial charge in [-0.2, -0.15) is 0 Å². The van der Waals surface area contributed by atoms with Gasteiger partial charge in [-0.25, -0.2) is 8.42 Å². The lowest BCUT2D eigenvalue weighted by Gasteiger charge is -2.24. The van der Waals surface area contributed by atoms with Crippen LogP contribution in [0.2, 0.25) is 0 Å². The van der Waals surface area contributed by atoms with Crippen LogP contribution in [0.1, 0.15) is 18.1 Å². The molecule has 2 aromatic carbocycles. The van der Waals surface area contributed by atoms with Crippen LogP contribution in [-0.4, -0.2) is 14.7 Å². The van der Waals surface area contributed by atoms with Gasteiger partial charge in [0.2, 0.25) is 0 Å². The molecule has 0 saturated heterocycles. The summed E-state index contributed by atoms with van der Waals surface area (Å²) < 4.78 is 24.0. The third-order valence-electron chi connectivity index (χ3n) is 3.46. The van der Waals surface area contributed by atoms with Crippen molar-refractivity contribution in [3.8, 4) is 0 Å². The van der Waals surface area contributed by atoms with Crippen molar-refractivity contribution < 1.29 is 13.2 Å². The van der Waals surface area contributed by atoms with Gasteiger partial charge >= 0.3 is 0 Å². The minimum atomic E-state index is -3.79. The SMILES string of the molecule is Cc1ccc(S(=O)(=O)C(C)(C=O)c2ccccc2)cc1.